The molecule has 0 spiro atoms. The average molecular weight is 395 g/mol. The summed E-state index contributed by atoms with van der Waals surface area (Å²) >= 11 is 0. The van der Waals surface area contributed by atoms with Gasteiger partial charge < -0.3 is 5.73 Å². The van der Waals surface area contributed by atoms with Crippen molar-refractivity contribution in [3.05, 3.63) is 65.2 Å². The molecular formula is C18H16F3N3O2S. The molecule has 1 aliphatic heterocycles. The van der Waals surface area contributed by atoms with Gasteiger partial charge in [-0.25, -0.2) is 8.42 Å². The molecule has 2 N–H and O–H groups in total. The summed E-state index contributed by atoms with van der Waals surface area (Å²) < 4.78 is 66.2. The van der Waals surface area contributed by atoms with E-state index < -0.39 is 38.3 Å². The summed E-state index contributed by atoms with van der Waals surface area (Å²) in [4.78, 5) is -0.505. The quantitative estimate of drug-likeness (QED) is 0.866. The second-order valence-electron chi connectivity index (χ2n) is 6.32. The lowest BCUT2D eigenvalue weighted by Crippen LogP contribution is -2.32. The fourth-order valence-corrected chi connectivity index (χ4v) is 4.74. The van der Waals surface area contributed by atoms with Crippen molar-refractivity contribution in [2.45, 2.75) is 23.0 Å². The molecule has 1 aliphatic rings. The summed E-state index contributed by atoms with van der Waals surface area (Å²) in [6.07, 6.45) is -4.83. The molecular weight excluding hydrogens is 379 g/mol. The maximum atomic E-state index is 13.1. The number of hydrogen-bond acceptors (Lipinski definition) is 4. The van der Waals surface area contributed by atoms with E-state index in [1.165, 1.54) is 6.07 Å². The van der Waals surface area contributed by atoms with Gasteiger partial charge in [0.15, 0.2) is 0 Å². The van der Waals surface area contributed by atoms with E-state index in [-0.39, 0.29) is 19.0 Å². The van der Waals surface area contributed by atoms with Crippen molar-refractivity contribution in [1.82, 2.24) is 4.31 Å². The average Bonchev–Trinajstić information content (AvgIpc) is 3.03. The summed E-state index contributed by atoms with van der Waals surface area (Å²) in [5.41, 5.74) is 5.07. The van der Waals surface area contributed by atoms with Crippen molar-refractivity contribution in [1.29, 1.82) is 5.26 Å². The van der Waals surface area contributed by atoms with Crippen LogP contribution in [0.25, 0.3) is 0 Å². The van der Waals surface area contributed by atoms with Crippen LogP contribution in [0.3, 0.4) is 0 Å². The first-order valence-corrected chi connectivity index (χ1v) is 9.50. The first-order chi connectivity index (χ1) is 12.6. The highest BCUT2D eigenvalue weighted by atomic mass is 32.2. The molecule has 5 nitrogen and oxygen atoms in total. The van der Waals surface area contributed by atoms with Crippen LogP contribution in [0.2, 0.25) is 0 Å². The molecule has 2 aromatic rings. The molecule has 142 valence electrons. The van der Waals surface area contributed by atoms with Gasteiger partial charge in [0, 0.05) is 25.0 Å². The minimum absolute atomic E-state index is 0.00322. The van der Waals surface area contributed by atoms with Gasteiger partial charge in [-0.15, -0.1) is 0 Å². The number of halogens is 3. The Morgan fingerprint density at radius 3 is 2.37 bits per heavy atom. The van der Waals surface area contributed by atoms with E-state index in [1.807, 2.05) is 30.3 Å². The fraction of sp³-hybridized carbons (Fsp3) is 0.278. The molecule has 2 atom stereocenters. The van der Waals surface area contributed by atoms with Gasteiger partial charge in [-0.2, -0.15) is 22.7 Å². The normalized spacial score (nSPS) is 21.1. The second kappa shape index (κ2) is 6.96. The smallest absolute Gasteiger partial charge is 0.326 e. The Balaban J connectivity index is 1.95. The van der Waals surface area contributed by atoms with Gasteiger partial charge in [0.2, 0.25) is 10.0 Å². The number of rotatable bonds is 3. The van der Waals surface area contributed by atoms with Crippen molar-refractivity contribution in [3.8, 4) is 6.07 Å². The molecule has 0 radical (unpaired) electrons. The second-order valence-corrected chi connectivity index (χ2v) is 8.26. The molecule has 0 saturated carbocycles. The molecule has 1 fully saturated rings. The van der Waals surface area contributed by atoms with E-state index in [2.05, 4.69) is 0 Å². The first kappa shape index (κ1) is 19.4. The fourth-order valence-electron chi connectivity index (χ4n) is 3.21. The monoisotopic (exact) mass is 395 g/mol. The molecule has 9 heteroatoms. The van der Waals surface area contributed by atoms with Gasteiger partial charge in [0.25, 0.3) is 0 Å². The third-order valence-electron chi connectivity index (χ3n) is 4.61. The lowest BCUT2D eigenvalue weighted by atomic mass is 9.95. The lowest BCUT2D eigenvalue weighted by Gasteiger charge is -2.18. The van der Waals surface area contributed by atoms with Crippen LogP contribution in [0, 0.1) is 11.3 Å². The Morgan fingerprint density at radius 1 is 1.11 bits per heavy atom. The van der Waals surface area contributed by atoms with Crippen LogP contribution in [-0.2, 0) is 16.2 Å². The Labute approximate surface area is 154 Å². The van der Waals surface area contributed by atoms with Crippen LogP contribution in [0.5, 0.6) is 0 Å². The zero-order chi connectivity index (χ0) is 19.8. The van der Waals surface area contributed by atoms with Gasteiger partial charge in [0.1, 0.15) is 0 Å². The highest BCUT2D eigenvalue weighted by Crippen LogP contribution is 2.35. The van der Waals surface area contributed by atoms with Crippen molar-refractivity contribution >= 4 is 10.0 Å². The van der Waals surface area contributed by atoms with E-state index >= 15 is 0 Å². The summed E-state index contributed by atoms with van der Waals surface area (Å²) in [5, 5.41) is 8.86. The number of sulfonamides is 1. The van der Waals surface area contributed by atoms with Gasteiger partial charge >= 0.3 is 6.18 Å². The van der Waals surface area contributed by atoms with E-state index in [1.54, 1.807) is 0 Å². The molecule has 3 rings (SSSR count). The Morgan fingerprint density at radius 2 is 1.78 bits per heavy atom. The maximum Gasteiger partial charge on any atom is 0.417 e. The van der Waals surface area contributed by atoms with Gasteiger partial charge in [0.05, 0.1) is 22.1 Å². The Hall–Kier alpha value is -2.41. The number of benzene rings is 2. The molecule has 0 amide bonds. The zero-order valence-corrected chi connectivity index (χ0v) is 14.8. The molecule has 27 heavy (non-hydrogen) atoms. The first-order valence-electron chi connectivity index (χ1n) is 8.06. The molecule has 0 bridgehead atoms. The highest BCUT2D eigenvalue weighted by Gasteiger charge is 2.40. The molecule has 1 saturated heterocycles. The summed E-state index contributed by atoms with van der Waals surface area (Å²) in [5.74, 6) is -0.249. The maximum absolute atomic E-state index is 13.1. The molecule has 0 aromatic heterocycles. The molecule has 0 unspecified atom stereocenters. The zero-order valence-electron chi connectivity index (χ0n) is 14.0. The number of alkyl halides is 3. The van der Waals surface area contributed by atoms with Crippen molar-refractivity contribution in [3.63, 3.8) is 0 Å². The van der Waals surface area contributed by atoms with Crippen molar-refractivity contribution in [2.75, 3.05) is 13.1 Å². The number of nitrogens with zero attached hydrogens (tertiary/aromatic N) is 2. The van der Waals surface area contributed by atoms with Gasteiger partial charge in [-0.3, -0.25) is 0 Å². The third-order valence-corrected chi connectivity index (χ3v) is 6.44. The number of hydrogen-bond donors (Lipinski definition) is 1. The van der Waals surface area contributed by atoms with Crippen LogP contribution in [0.15, 0.2) is 53.4 Å². The topological polar surface area (TPSA) is 87.2 Å². The molecule has 0 aliphatic carbocycles. The standard InChI is InChI=1S/C18H16F3N3O2S/c19-18(20,21)16-8-14(7-6-13(16)9-22)27(25,26)24-10-15(17(23)11-24)12-4-2-1-3-5-12/h1-8,15,17H,10-11,23H2/t15-,17+/m0/s1. The van der Waals surface area contributed by atoms with Crippen molar-refractivity contribution in [2.24, 2.45) is 5.73 Å². The molecule has 1 heterocycles. The van der Waals surface area contributed by atoms with Gasteiger partial charge in [-0.1, -0.05) is 30.3 Å². The summed E-state index contributed by atoms with van der Waals surface area (Å²) in [6, 6.07) is 12.5. The van der Waals surface area contributed by atoms with Crippen molar-refractivity contribution < 1.29 is 21.6 Å². The van der Waals surface area contributed by atoms with Crippen LogP contribution >= 0.6 is 0 Å². The predicted octanol–water partition coefficient (Wildman–Crippen LogP) is 2.69. The Kier molecular flexibility index (Phi) is 4.99. The largest absolute Gasteiger partial charge is 0.417 e. The number of nitrogens with two attached hydrogens (primary N) is 1. The van der Waals surface area contributed by atoms with E-state index in [0.29, 0.717) is 6.07 Å². The highest BCUT2D eigenvalue weighted by molar-refractivity contribution is 7.89. The summed E-state index contributed by atoms with van der Waals surface area (Å²) in [7, 11) is -4.18. The minimum atomic E-state index is -4.83. The predicted molar refractivity (Wildman–Crippen MR) is 92.1 cm³/mol. The lowest BCUT2D eigenvalue weighted by molar-refractivity contribution is -0.137. The Bertz CT molecular complexity index is 985. The third kappa shape index (κ3) is 3.69. The summed E-state index contributed by atoms with van der Waals surface area (Å²) in [6.45, 7) is 0.0815. The van der Waals surface area contributed by atoms with E-state index in [9.17, 15) is 21.6 Å². The van der Waals surface area contributed by atoms with E-state index in [4.69, 9.17) is 11.0 Å². The number of nitriles is 1. The van der Waals surface area contributed by atoms with Crippen LogP contribution in [0.1, 0.15) is 22.6 Å². The van der Waals surface area contributed by atoms with E-state index in [0.717, 1.165) is 22.0 Å². The van der Waals surface area contributed by atoms with Crippen LogP contribution in [0.4, 0.5) is 13.2 Å². The minimum Gasteiger partial charge on any atom is -0.326 e. The SMILES string of the molecule is N#Cc1ccc(S(=O)(=O)N2C[C@@H](N)[C@H](c3ccccc3)C2)cc1C(F)(F)F. The molecule has 2 aromatic carbocycles. The van der Waals surface area contributed by atoms with Crippen LogP contribution in [-0.4, -0.2) is 31.9 Å². The van der Waals surface area contributed by atoms with Crippen LogP contribution < -0.4 is 5.73 Å². The van der Waals surface area contributed by atoms with Gasteiger partial charge in [-0.05, 0) is 23.8 Å².